The maximum absolute atomic E-state index is 12.9. The summed E-state index contributed by atoms with van der Waals surface area (Å²) in [5.41, 5.74) is 0.923. The molecular formula is C19H24N4O4S. The zero-order chi connectivity index (χ0) is 19.9. The summed E-state index contributed by atoms with van der Waals surface area (Å²) in [6.07, 6.45) is 4.93. The number of hydrogen-bond acceptors (Lipinski definition) is 6. The molecule has 1 aromatic carbocycles. The molecule has 2 aromatic rings. The number of nitrogens with zero attached hydrogens (tertiary/aromatic N) is 4. The van der Waals surface area contributed by atoms with Gasteiger partial charge in [-0.15, -0.1) is 5.10 Å². The lowest BCUT2D eigenvalue weighted by atomic mass is 10.0. The zero-order valence-electron chi connectivity index (χ0n) is 16.0. The van der Waals surface area contributed by atoms with Crippen LogP contribution in [0, 0.1) is 11.8 Å². The standard InChI is InChI=1S/C19H24N4O4S/c1-22(11-13-4-7-16(27-2)8-5-13)19(24)23-12-20-18(21-23)28(25,26)17-10-14-3-6-15(17)9-14/h4-5,7-8,12,14-15,17H,3,6,9-11H2,1-2H3/t14-,15+,17+/m0/s1. The number of hydrogen-bond donors (Lipinski definition) is 0. The number of carbonyl (C=O) groups excluding carboxylic acids is 1. The number of fused-ring (bicyclic) bond motifs is 2. The average Bonchev–Trinajstić information content (AvgIpc) is 3.44. The van der Waals surface area contributed by atoms with E-state index >= 15 is 0 Å². The van der Waals surface area contributed by atoms with E-state index in [2.05, 4.69) is 10.1 Å². The fourth-order valence-electron chi connectivity index (χ4n) is 4.42. The Bertz CT molecular complexity index is 970. The molecule has 8 nitrogen and oxygen atoms in total. The van der Waals surface area contributed by atoms with Crippen molar-refractivity contribution in [3.8, 4) is 5.75 Å². The highest BCUT2D eigenvalue weighted by atomic mass is 32.2. The van der Waals surface area contributed by atoms with Crippen molar-refractivity contribution in [3.05, 3.63) is 36.2 Å². The molecule has 150 valence electrons. The molecule has 2 aliphatic carbocycles. The van der Waals surface area contributed by atoms with E-state index in [9.17, 15) is 13.2 Å². The van der Waals surface area contributed by atoms with Crippen molar-refractivity contribution in [1.82, 2.24) is 19.7 Å². The fourth-order valence-corrected chi connectivity index (χ4v) is 6.37. The van der Waals surface area contributed by atoms with Gasteiger partial charge in [-0.2, -0.15) is 4.68 Å². The predicted molar refractivity (Wildman–Crippen MR) is 102 cm³/mol. The quantitative estimate of drug-likeness (QED) is 0.759. The minimum atomic E-state index is -3.60. The summed E-state index contributed by atoms with van der Waals surface area (Å²) >= 11 is 0. The number of rotatable bonds is 5. The van der Waals surface area contributed by atoms with Gasteiger partial charge in [-0.1, -0.05) is 18.6 Å². The summed E-state index contributed by atoms with van der Waals surface area (Å²) in [7, 11) is -0.370. The highest BCUT2D eigenvalue weighted by Gasteiger charge is 2.47. The van der Waals surface area contributed by atoms with Gasteiger partial charge < -0.3 is 9.64 Å². The van der Waals surface area contributed by atoms with Gasteiger partial charge in [0, 0.05) is 13.6 Å². The first-order chi connectivity index (χ1) is 13.4. The minimum absolute atomic E-state index is 0.204. The van der Waals surface area contributed by atoms with Crippen LogP contribution in [0.2, 0.25) is 0 Å². The van der Waals surface area contributed by atoms with E-state index in [4.69, 9.17) is 4.74 Å². The predicted octanol–water partition coefficient (Wildman–Crippen LogP) is 2.35. The first-order valence-electron chi connectivity index (χ1n) is 9.42. The van der Waals surface area contributed by atoms with E-state index in [0.717, 1.165) is 35.3 Å². The molecule has 2 fully saturated rings. The first-order valence-corrected chi connectivity index (χ1v) is 11.0. The number of sulfone groups is 1. The van der Waals surface area contributed by atoms with Crippen molar-refractivity contribution in [3.63, 3.8) is 0 Å². The first kappa shape index (κ1) is 18.9. The van der Waals surface area contributed by atoms with E-state index in [1.807, 2.05) is 24.3 Å². The summed E-state index contributed by atoms with van der Waals surface area (Å²) in [4.78, 5) is 18.0. The maximum Gasteiger partial charge on any atom is 0.346 e. The molecule has 3 atom stereocenters. The van der Waals surface area contributed by atoms with Crippen molar-refractivity contribution in [2.24, 2.45) is 11.8 Å². The largest absolute Gasteiger partial charge is 0.497 e. The Labute approximate surface area is 164 Å². The van der Waals surface area contributed by atoms with Crippen LogP contribution < -0.4 is 4.74 Å². The molecule has 0 spiro atoms. The van der Waals surface area contributed by atoms with Crippen LogP contribution in [0.3, 0.4) is 0 Å². The minimum Gasteiger partial charge on any atom is -0.497 e. The van der Waals surface area contributed by atoms with Crippen LogP contribution in [-0.4, -0.2) is 53.5 Å². The third kappa shape index (κ3) is 3.39. The van der Waals surface area contributed by atoms with Gasteiger partial charge in [0.2, 0.25) is 9.84 Å². The second-order valence-electron chi connectivity index (χ2n) is 7.72. The normalized spacial score (nSPS) is 23.7. The molecule has 0 N–H and O–H groups in total. The summed E-state index contributed by atoms with van der Waals surface area (Å²) in [6.45, 7) is 0.358. The number of methoxy groups -OCH3 is 1. The second kappa shape index (κ2) is 7.20. The molecule has 4 rings (SSSR count). The van der Waals surface area contributed by atoms with E-state index in [0.29, 0.717) is 18.9 Å². The Hall–Kier alpha value is -2.42. The lowest BCUT2D eigenvalue weighted by Gasteiger charge is -2.20. The zero-order valence-corrected chi connectivity index (χ0v) is 16.8. The molecule has 0 radical (unpaired) electrons. The van der Waals surface area contributed by atoms with Gasteiger partial charge in [-0.05, 0) is 48.8 Å². The van der Waals surface area contributed by atoms with E-state index in [1.54, 1.807) is 14.2 Å². The lowest BCUT2D eigenvalue weighted by Crippen LogP contribution is -2.32. The van der Waals surface area contributed by atoms with Gasteiger partial charge in [0.1, 0.15) is 12.1 Å². The Morgan fingerprint density at radius 3 is 2.61 bits per heavy atom. The van der Waals surface area contributed by atoms with Crippen molar-refractivity contribution in [2.45, 2.75) is 42.6 Å². The van der Waals surface area contributed by atoms with Crippen LogP contribution in [0.1, 0.15) is 31.2 Å². The molecule has 1 heterocycles. The van der Waals surface area contributed by atoms with Crippen LogP contribution in [0.25, 0.3) is 0 Å². The van der Waals surface area contributed by atoms with E-state index in [1.165, 1.54) is 11.2 Å². The number of ether oxygens (including phenoxy) is 1. The second-order valence-corrected chi connectivity index (χ2v) is 9.78. The molecule has 2 aliphatic rings. The molecule has 1 aromatic heterocycles. The summed E-state index contributed by atoms with van der Waals surface area (Å²) < 4.78 is 31.9. The Kier molecular flexibility index (Phi) is 4.86. The van der Waals surface area contributed by atoms with Crippen molar-refractivity contribution < 1.29 is 17.9 Å². The van der Waals surface area contributed by atoms with Gasteiger partial charge in [0.05, 0.1) is 12.4 Å². The average molecular weight is 404 g/mol. The van der Waals surface area contributed by atoms with Crippen molar-refractivity contribution in [2.75, 3.05) is 14.2 Å². The highest BCUT2D eigenvalue weighted by molar-refractivity contribution is 7.91. The highest BCUT2D eigenvalue weighted by Crippen LogP contribution is 2.48. The molecule has 1 amide bonds. The van der Waals surface area contributed by atoms with Gasteiger partial charge in [-0.25, -0.2) is 18.2 Å². The van der Waals surface area contributed by atoms with Gasteiger partial charge in [0.15, 0.2) is 0 Å². The lowest BCUT2D eigenvalue weighted by molar-refractivity contribution is 0.205. The SMILES string of the molecule is COc1ccc(CN(C)C(=O)n2cnc(S(=O)(=O)[C@@H]3C[C@H]4CC[C@@H]3C4)n2)cc1. The number of benzene rings is 1. The third-order valence-electron chi connectivity index (χ3n) is 5.90. The molecule has 0 aliphatic heterocycles. The molecule has 9 heteroatoms. The maximum atomic E-state index is 12.9. The number of amides is 1. The molecule has 28 heavy (non-hydrogen) atoms. The van der Waals surface area contributed by atoms with Crippen LogP contribution in [-0.2, 0) is 16.4 Å². The van der Waals surface area contributed by atoms with Gasteiger partial charge >= 0.3 is 6.03 Å². The van der Waals surface area contributed by atoms with Gasteiger partial charge in [-0.3, -0.25) is 0 Å². The fraction of sp³-hybridized carbons (Fsp3) is 0.526. The van der Waals surface area contributed by atoms with Crippen LogP contribution in [0.5, 0.6) is 5.75 Å². The monoisotopic (exact) mass is 404 g/mol. The van der Waals surface area contributed by atoms with E-state index < -0.39 is 21.1 Å². The van der Waals surface area contributed by atoms with Gasteiger partial charge in [0.25, 0.3) is 5.16 Å². The Morgan fingerprint density at radius 1 is 1.25 bits per heavy atom. The number of carbonyl (C=O) groups is 1. The summed E-state index contributed by atoms with van der Waals surface area (Å²) in [5.74, 6) is 1.45. The van der Waals surface area contributed by atoms with Crippen molar-refractivity contribution in [1.29, 1.82) is 0 Å². The third-order valence-corrected chi connectivity index (χ3v) is 7.97. The van der Waals surface area contributed by atoms with Crippen LogP contribution in [0.4, 0.5) is 4.79 Å². The Morgan fingerprint density at radius 2 is 2.00 bits per heavy atom. The topological polar surface area (TPSA) is 94.4 Å². The van der Waals surface area contributed by atoms with Crippen LogP contribution >= 0.6 is 0 Å². The molecule has 0 unspecified atom stereocenters. The smallest absolute Gasteiger partial charge is 0.346 e. The summed E-state index contributed by atoms with van der Waals surface area (Å²) in [5, 5.41) is 3.36. The number of aromatic nitrogens is 3. The van der Waals surface area contributed by atoms with E-state index in [-0.39, 0.29) is 11.1 Å². The molecular weight excluding hydrogens is 380 g/mol. The van der Waals surface area contributed by atoms with Crippen LogP contribution in [0.15, 0.2) is 35.7 Å². The molecule has 2 saturated carbocycles. The molecule has 0 saturated heterocycles. The molecule has 2 bridgehead atoms. The summed E-state index contributed by atoms with van der Waals surface area (Å²) in [6, 6.07) is 6.95. The van der Waals surface area contributed by atoms with Crippen molar-refractivity contribution >= 4 is 15.9 Å². The Balaban J connectivity index is 1.46.